The van der Waals surface area contributed by atoms with Crippen LogP contribution in [0, 0.1) is 5.92 Å². The Labute approximate surface area is 120 Å². The molecule has 1 unspecified atom stereocenters. The molecule has 0 radical (unpaired) electrons. The summed E-state index contributed by atoms with van der Waals surface area (Å²) in [4.78, 5) is 9.44. The van der Waals surface area contributed by atoms with E-state index in [0.717, 1.165) is 17.5 Å². The first kappa shape index (κ1) is 14.9. The molecule has 0 saturated carbocycles. The zero-order chi connectivity index (χ0) is 13.8. The largest absolute Gasteiger partial charge is 0.322 e. The van der Waals surface area contributed by atoms with E-state index in [1.54, 1.807) is 11.3 Å². The maximum absolute atomic E-state index is 5.85. The number of nitrogens with two attached hydrogens (primary N) is 1. The van der Waals surface area contributed by atoms with Gasteiger partial charge in [-0.3, -0.25) is 4.90 Å². The van der Waals surface area contributed by atoms with E-state index in [-0.39, 0.29) is 6.04 Å². The van der Waals surface area contributed by atoms with Crippen LogP contribution in [0.2, 0.25) is 0 Å². The van der Waals surface area contributed by atoms with Gasteiger partial charge in [-0.25, -0.2) is 4.98 Å². The van der Waals surface area contributed by atoms with Gasteiger partial charge in [0, 0.05) is 18.5 Å². The molecule has 5 heteroatoms. The SMILES string of the molecule is CC(N)c1nc(CN2CCC(CN(C)C)CC2)cs1. The van der Waals surface area contributed by atoms with Crippen molar-refractivity contribution in [2.24, 2.45) is 11.7 Å². The molecule has 1 atom stereocenters. The van der Waals surface area contributed by atoms with E-state index in [4.69, 9.17) is 5.73 Å². The summed E-state index contributed by atoms with van der Waals surface area (Å²) in [5.41, 5.74) is 7.04. The minimum Gasteiger partial charge on any atom is -0.322 e. The molecule has 1 aromatic heterocycles. The Kier molecular flexibility index (Phi) is 5.33. The Morgan fingerprint density at radius 2 is 2.16 bits per heavy atom. The molecule has 2 rings (SSSR count). The second-order valence-corrected chi connectivity index (χ2v) is 6.84. The Morgan fingerprint density at radius 3 is 2.68 bits per heavy atom. The van der Waals surface area contributed by atoms with Crippen molar-refractivity contribution in [2.75, 3.05) is 33.7 Å². The van der Waals surface area contributed by atoms with E-state index in [9.17, 15) is 0 Å². The van der Waals surface area contributed by atoms with Crippen LogP contribution in [0.1, 0.15) is 36.5 Å². The molecule has 2 heterocycles. The average Bonchev–Trinajstić information content (AvgIpc) is 2.80. The number of nitrogens with zero attached hydrogens (tertiary/aromatic N) is 3. The number of rotatable bonds is 5. The summed E-state index contributed by atoms with van der Waals surface area (Å²) in [6.07, 6.45) is 2.62. The molecule has 1 fully saturated rings. The van der Waals surface area contributed by atoms with E-state index in [1.165, 1.54) is 38.2 Å². The number of likely N-dealkylation sites (tertiary alicyclic amines) is 1. The predicted octanol–water partition coefficient (Wildman–Crippen LogP) is 1.94. The second kappa shape index (κ2) is 6.79. The molecular formula is C14H26N4S. The fraction of sp³-hybridized carbons (Fsp3) is 0.786. The molecule has 0 aromatic carbocycles. The number of hydrogen-bond donors (Lipinski definition) is 1. The zero-order valence-electron chi connectivity index (χ0n) is 12.3. The molecule has 0 bridgehead atoms. The van der Waals surface area contributed by atoms with E-state index in [1.807, 2.05) is 6.92 Å². The van der Waals surface area contributed by atoms with Crippen molar-refractivity contribution in [3.63, 3.8) is 0 Å². The smallest absolute Gasteiger partial charge is 0.109 e. The van der Waals surface area contributed by atoms with Crippen molar-refractivity contribution >= 4 is 11.3 Å². The lowest BCUT2D eigenvalue weighted by atomic mass is 9.96. The maximum Gasteiger partial charge on any atom is 0.109 e. The summed E-state index contributed by atoms with van der Waals surface area (Å²) >= 11 is 1.69. The Hall–Kier alpha value is -0.490. The highest BCUT2D eigenvalue weighted by molar-refractivity contribution is 7.09. The highest BCUT2D eigenvalue weighted by Gasteiger charge is 2.20. The van der Waals surface area contributed by atoms with Crippen LogP contribution < -0.4 is 5.73 Å². The third-order valence-corrected chi connectivity index (χ3v) is 4.77. The van der Waals surface area contributed by atoms with E-state index in [0.29, 0.717) is 0 Å². The van der Waals surface area contributed by atoms with Crippen LogP contribution in [0.15, 0.2) is 5.38 Å². The normalized spacial score (nSPS) is 20.1. The van der Waals surface area contributed by atoms with E-state index >= 15 is 0 Å². The lowest BCUT2D eigenvalue weighted by molar-refractivity contribution is 0.155. The van der Waals surface area contributed by atoms with Crippen molar-refractivity contribution in [3.8, 4) is 0 Å². The molecule has 1 aliphatic heterocycles. The number of piperidine rings is 1. The van der Waals surface area contributed by atoms with Gasteiger partial charge in [0.25, 0.3) is 0 Å². The topological polar surface area (TPSA) is 45.4 Å². The first-order valence-electron chi connectivity index (χ1n) is 7.11. The first-order valence-corrected chi connectivity index (χ1v) is 7.99. The minimum absolute atomic E-state index is 0.0598. The molecule has 4 nitrogen and oxygen atoms in total. The summed E-state index contributed by atoms with van der Waals surface area (Å²) in [5, 5.41) is 3.21. The summed E-state index contributed by atoms with van der Waals surface area (Å²) in [5.74, 6) is 0.862. The number of aromatic nitrogens is 1. The predicted molar refractivity (Wildman–Crippen MR) is 81.3 cm³/mol. The van der Waals surface area contributed by atoms with Gasteiger partial charge in [0.1, 0.15) is 5.01 Å². The van der Waals surface area contributed by atoms with Crippen molar-refractivity contribution < 1.29 is 0 Å². The van der Waals surface area contributed by atoms with Gasteiger partial charge in [0.2, 0.25) is 0 Å². The fourth-order valence-corrected chi connectivity index (χ4v) is 3.45. The summed E-state index contributed by atoms with van der Waals surface area (Å²) in [6.45, 7) is 6.60. The van der Waals surface area contributed by atoms with Gasteiger partial charge in [-0.1, -0.05) is 0 Å². The Morgan fingerprint density at radius 1 is 1.47 bits per heavy atom. The monoisotopic (exact) mass is 282 g/mol. The van der Waals surface area contributed by atoms with Crippen molar-refractivity contribution in [2.45, 2.75) is 32.4 Å². The average molecular weight is 282 g/mol. The minimum atomic E-state index is 0.0598. The quantitative estimate of drug-likeness (QED) is 0.896. The van der Waals surface area contributed by atoms with Gasteiger partial charge in [0.15, 0.2) is 0 Å². The van der Waals surface area contributed by atoms with Gasteiger partial charge >= 0.3 is 0 Å². The van der Waals surface area contributed by atoms with Crippen LogP contribution in [-0.4, -0.2) is 48.5 Å². The lowest BCUT2D eigenvalue weighted by Crippen LogP contribution is -2.36. The van der Waals surface area contributed by atoms with E-state index < -0.39 is 0 Å². The molecule has 1 aliphatic rings. The highest BCUT2D eigenvalue weighted by atomic mass is 32.1. The maximum atomic E-state index is 5.85. The summed E-state index contributed by atoms with van der Waals surface area (Å²) < 4.78 is 0. The van der Waals surface area contributed by atoms with Gasteiger partial charge in [-0.15, -0.1) is 11.3 Å². The zero-order valence-corrected chi connectivity index (χ0v) is 13.1. The van der Waals surface area contributed by atoms with Crippen LogP contribution in [0.3, 0.4) is 0 Å². The Balaban J connectivity index is 1.78. The molecular weight excluding hydrogens is 256 g/mol. The molecule has 0 amide bonds. The van der Waals surface area contributed by atoms with Gasteiger partial charge in [0.05, 0.1) is 11.7 Å². The van der Waals surface area contributed by atoms with Crippen molar-refractivity contribution in [1.29, 1.82) is 0 Å². The first-order chi connectivity index (χ1) is 9.04. The lowest BCUT2D eigenvalue weighted by Gasteiger charge is -2.32. The molecule has 19 heavy (non-hydrogen) atoms. The molecule has 0 spiro atoms. The molecule has 1 aromatic rings. The van der Waals surface area contributed by atoms with Crippen molar-refractivity contribution in [1.82, 2.24) is 14.8 Å². The van der Waals surface area contributed by atoms with E-state index in [2.05, 4.69) is 34.3 Å². The highest BCUT2D eigenvalue weighted by Crippen LogP contribution is 2.21. The summed E-state index contributed by atoms with van der Waals surface area (Å²) in [6, 6.07) is 0.0598. The third-order valence-electron chi connectivity index (χ3n) is 3.68. The van der Waals surface area contributed by atoms with Crippen LogP contribution in [0.5, 0.6) is 0 Å². The Bertz CT molecular complexity index is 381. The van der Waals surface area contributed by atoms with Crippen LogP contribution in [-0.2, 0) is 6.54 Å². The molecule has 1 saturated heterocycles. The van der Waals surface area contributed by atoms with Crippen molar-refractivity contribution in [3.05, 3.63) is 16.1 Å². The molecule has 0 aliphatic carbocycles. The van der Waals surface area contributed by atoms with Crippen LogP contribution in [0.25, 0.3) is 0 Å². The molecule has 108 valence electrons. The standard InChI is InChI=1S/C14H26N4S/c1-11(15)14-16-13(10-19-14)9-18-6-4-12(5-7-18)8-17(2)3/h10-12H,4-9,15H2,1-3H3. The molecule has 2 N–H and O–H groups in total. The van der Waals surface area contributed by atoms with Crippen LogP contribution >= 0.6 is 11.3 Å². The van der Waals surface area contributed by atoms with Gasteiger partial charge in [-0.2, -0.15) is 0 Å². The summed E-state index contributed by atoms with van der Waals surface area (Å²) in [7, 11) is 4.33. The van der Waals surface area contributed by atoms with Gasteiger partial charge < -0.3 is 10.6 Å². The number of hydrogen-bond acceptors (Lipinski definition) is 5. The fourth-order valence-electron chi connectivity index (χ4n) is 2.68. The van der Waals surface area contributed by atoms with Crippen LogP contribution in [0.4, 0.5) is 0 Å². The van der Waals surface area contributed by atoms with Gasteiger partial charge in [-0.05, 0) is 52.9 Å². The number of thiazole rings is 1. The third kappa shape index (κ3) is 4.53. The second-order valence-electron chi connectivity index (χ2n) is 5.95.